The Kier molecular flexibility index (Phi) is 3.91. The van der Waals surface area contributed by atoms with E-state index in [0.29, 0.717) is 21.9 Å². The van der Waals surface area contributed by atoms with Gasteiger partial charge >= 0.3 is 15.6 Å². The van der Waals surface area contributed by atoms with Gasteiger partial charge in [0.2, 0.25) is 0 Å². The second kappa shape index (κ2) is 6.11. The van der Waals surface area contributed by atoms with Gasteiger partial charge in [0, 0.05) is 16.1 Å². The van der Waals surface area contributed by atoms with Crippen molar-refractivity contribution in [1.29, 1.82) is 0 Å². The fourth-order valence-electron chi connectivity index (χ4n) is 4.02. The number of benzene rings is 2. The summed E-state index contributed by atoms with van der Waals surface area (Å²) in [6, 6.07) is 7.57. The van der Waals surface area contributed by atoms with Crippen LogP contribution < -0.4 is 9.50 Å². The Hall–Kier alpha value is -2.79. The molecular formula is C18H11ClF3N3O4S. The van der Waals surface area contributed by atoms with Crippen LogP contribution in [0.5, 0.6) is 5.75 Å². The van der Waals surface area contributed by atoms with Crippen molar-refractivity contribution in [2.24, 2.45) is 0 Å². The van der Waals surface area contributed by atoms with E-state index in [9.17, 15) is 26.4 Å². The zero-order valence-corrected chi connectivity index (χ0v) is 16.3. The summed E-state index contributed by atoms with van der Waals surface area (Å²) in [6.07, 6.45) is 0.274. The number of nitrogens with zero attached hydrogens (tertiary/aromatic N) is 2. The number of halogens is 4. The van der Waals surface area contributed by atoms with E-state index in [4.69, 9.17) is 11.6 Å². The normalized spacial score (nSPS) is 20.5. The standard InChI is InChI=1S/C18H11ClF3N3O4S/c19-8-4-5-10-12(6-8)25-13-7-11(16(25)23-10)24-17(26)9-2-1-3-14(15(9)13)29-30(27,28)18(20,21)22/h1-6,11,13H,7H2,(H,24,26)/t11-,13-/m1/s1. The van der Waals surface area contributed by atoms with Crippen molar-refractivity contribution < 1.29 is 30.6 Å². The maximum Gasteiger partial charge on any atom is 0.534 e. The van der Waals surface area contributed by atoms with Crippen molar-refractivity contribution in [2.75, 3.05) is 0 Å². The zero-order valence-electron chi connectivity index (χ0n) is 14.8. The van der Waals surface area contributed by atoms with Crippen LogP contribution in [-0.4, -0.2) is 29.4 Å². The van der Waals surface area contributed by atoms with Crippen LogP contribution in [0.4, 0.5) is 13.2 Å². The lowest BCUT2D eigenvalue weighted by Gasteiger charge is -2.21. The summed E-state index contributed by atoms with van der Waals surface area (Å²) < 4.78 is 68.2. The van der Waals surface area contributed by atoms with Crippen LogP contribution in [0.15, 0.2) is 36.4 Å². The minimum atomic E-state index is -5.92. The van der Waals surface area contributed by atoms with Gasteiger partial charge in [0.15, 0.2) is 0 Å². The average Bonchev–Trinajstić information content (AvgIpc) is 3.13. The molecule has 30 heavy (non-hydrogen) atoms. The molecule has 0 spiro atoms. The van der Waals surface area contributed by atoms with Crippen LogP contribution in [-0.2, 0) is 10.1 Å². The summed E-state index contributed by atoms with van der Waals surface area (Å²) in [5.74, 6) is -0.601. The molecule has 2 aliphatic rings. The third-order valence-electron chi connectivity index (χ3n) is 5.19. The van der Waals surface area contributed by atoms with Gasteiger partial charge in [-0.2, -0.15) is 21.6 Å². The highest BCUT2D eigenvalue weighted by Crippen LogP contribution is 2.47. The number of rotatable bonds is 2. The molecule has 3 aromatic rings. The number of nitrogens with one attached hydrogen (secondary N) is 1. The van der Waals surface area contributed by atoms with E-state index in [1.807, 2.05) is 0 Å². The Morgan fingerprint density at radius 3 is 2.73 bits per heavy atom. The Morgan fingerprint density at radius 1 is 1.23 bits per heavy atom. The second-order valence-electron chi connectivity index (χ2n) is 6.95. The van der Waals surface area contributed by atoms with Gasteiger partial charge in [-0.1, -0.05) is 17.7 Å². The summed E-state index contributed by atoms with van der Waals surface area (Å²) >= 11 is 6.10. The van der Waals surface area contributed by atoms with Gasteiger partial charge in [-0.3, -0.25) is 4.79 Å². The summed E-state index contributed by atoms with van der Waals surface area (Å²) in [4.78, 5) is 17.2. The first kappa shape index (κ1) is 19.2. The monoisotopic (exact) mass is 457 g/mol. The highest BCUT2D eigenvalue weighted by Gasteiger charge is 2.50. The number of alkyl halides is 3. The fourth-order valence-corrected chi connectivity index (χ4v) is 4.67. The zero-order chi connectivity index (χ0) is 21.4. The van der Waals surface area contributed by atoms with Gasteiger partial charge in [0.05, 0.1) is 23.1 Å². The number of aromatic nitrogens is 2. The molecule has 2 aliphatic heterocycles. The Labute approximate surface area is 172 Å². The molecule has 2 bridgehead atoms. The molecule has 1 amide bonds. The number of imidazole rings is 1. The van der Waals surface area contributed by atoms with Crippen molar-refractivity contribution >= 4 is 38.7 Å². The van der Waals surface area contributed by atoms with Crippen LogP contribution in [0.2, 0.25) is 5.02 Å². The highest BCUT2D eigenvalue weighted by molar-refractivity contribution is 7.88. The molecule has 156 valence electrons. The lowest BCUT2D eigenvalue weighted by Crippen LogP contribution is -2.30. The van der Waals surface area contributed by atoms with Gasteiger partial charge in [-0.25, -0.2) is 4.98 Å². The van der Waals surface area contributed by atoms with E-state index in [1.165, 1.54) is 12.1 Å². The van der Waals surface area contributed by atoms with E-state index < -0.39 is 39.4 Å². The third kappa shape index (κ3) is 2.68. The molecule has 1 aromatic heterocycles. The minimum Gasteiger partial charge on any atom is -0.376 e. The SMILES string of the molecule is O=C1N[C@@H]2C[C@H](c3c(OS(=O)(=O)C(F)(F)F)cccc31)n1c2nc2ccc(Cl)cc21. The largest absolute Gasteiger partial charge is 0.534 e. The molecule has 2 aromatic carbocycles. The molecular weight excluding hydrogens is 447 g/mol. The number of carbonyl (C=O) groups excluding carboxylic acids is 1. The van der Waals surface area contributed by atoms with Gasteiger partial charge in [-0.05, 0) is 36.8 Å². The number of carbonyl (C=O) groups is 1. The summed E-state index contributed by atoms with van der Waals surface area (Å²) in [5.41, 5.74) is -4.33. The van der Waals surface area contributed by atoms with E-state index >= 15 is 0 Å². The lowest BCUT2D eigenvalue weighted by molar-refractivity contribution is -0.0500. The van der Waals surface area contributed by atoms with Gasteiger partial charge in [0.25, 0.3) is 5.91 Å². The minimum absolute atomic E-state index is 0.0342. The van der Waals surface area contributed by atoms with Crippen molar-refractivity contribution in [3.05, 3.63) is 58.4 Å². The molecule has 5 rings (SSSR count). The quantitative estimate of drug-likeness (QED) is 0.468. The molecule has 1 N–H and O–H groups in total. The lowest BCUT2D eigenvalue weighted by atomic mass is 9.98. The third-order valence-corrected chi connectivity index (χ3v) is 6.39. The average molecular weight is 458 g/mol. The predicted molar refractivity (Wildman–Crippen MR) is 99.8 cm³/mol. The van der Waals surface area contributed by atoms with E-state index in [0.717, 1.165) is 6.07 Å². The Balaban J connectivity index is 1.75. The number of fused-ring (bicyclic) bond motifs is 9. The van der Waals surface area contributed by atoms with Gasteiger partial charge < -0.3 is 14.1 Å². The summed E-state index contributed by atoms with van der Waals surface area (Å²) in [6.45, 7) is 0. The van der Waals surface area contributed by atoms with Crippen molar-refractivity contribution in [2.45, 2.75) is 24.0 Å². The topological polar surface area (TPSA) is 90.3 Å². The van der Waals surface area contributed by atoms with Crippen molar-refractivity contribution in [1.82, 2.24) is 14.9 Å². The van der Waals surface area contributed by atoms with E-state index in [1.54, 1.807) is 22.8 Å². The smallest absolute Gasteiger partial charge is 0.376 e. The molecule has 3 heterocycles. The first-order valence-corrected chi connectivity index (χ1v) is 10.5. The Morgan fingerprint density at radius 2 is 2.00 bits per heavy atom. The molecule has 0 saturated carbocycles. The predicted octanol–water partition coefficient (Wildman–Crippen LogP) is 3.70. The molecule has 0 fully saturated rings. The summed E-state index contributed by atoms with van der Waals surface area (Å²) in [5, 5.41) is 3.22. The van der Waals surface area contributed by atoms with Crippen LogP contribution in [0, 0.1) is 0 Å². The molecule has 0 radical (unpaired) electrons. The number of hydrogen-bond donors (Lipinski definition) is 1. The van der Waals surface area contributed by atoms with Gasteiger partial charge in [0.1, 0.15) is 11.6 Å². The first-order valence-electron chi connectivity index (χ1n) is 8.69. The second-order valence-corrected chi connectivity index (χ2v) is 8.93. The van der Waals surface area contributed by atoms with Crippen LogP contribution >= 0.6 is 11.6 Å². The van der Waals surface area contributed by atoms with E-state index in [-0.39, 0.29) is 17.5 Å². The first-order chi connectivity index (χ1) is 14.1. The molecule has 0 unspecified atom stereocenters. The molecule has 0 saturated heterocycles. The Bertz CT molecular complexity index is 1340. The number of amides is 1. The maximum atomic E-state index is 12.9. The van der Waals surface area contributed by atoms with Crippen LogP contribution in [0.25, 0.3) is 11.0 Å². The van der Waals surface area contributed by atoms with Gasteiger partial charge in [-0.15, -0.1) is 0 Å². The number of hydrogen-bond acceptors (Lipinski definition) is 5. The molecule has 2 atom stereocenters. The van der Waals surface area contributed by atoms with Crippen molar-refractivity contribution in [3.63, 3.8) is 0 Å². The van der Waals surface area contributed by atoms with Crippen LogP contribution in [0.1, 0.15) is 40.3 Å². The molecule has 12 heteroatoms. The highest BCUT2D eigenvalue weighted by atomic mass is 35.5. The maximum absolute atomic E-state index is 12.9. The fraction of sp³-hybridized carbons (Fsp3) is 0.222. The van der Waals surface area contributed by atoms with E-state index in [2.05, 4.69) is 14.5 Å². The molecule has 7 nitrogen and oxygen atoms in total. The summed E-state index contributed by atoms with van der Waals surface area (Å²) in [7, 11) is -5.92. The van der Waals surface area contributed by atoms with Crippen LogP contribution in [0.3, 0.4) is 0 Å². The molecule has 0 aliphatic carbocycles. The van der Waals surface area contributed by atoms with Crippen molar-refractivity contribution in [3.8, 4) is 5.75 Å².